The van der Waals surface area contributed by atoms with Crippen LogP contribution in [0.2, 0.25) is 0 Å². The van der Waals surface area contributed by atoms with E-state index in [2.05, 4.69) is 0 Å². The predicted octanol–water partition coefficient (Wildman–Crippen LogP) is 6.05. The standard InChI is InChI=1S/C24H29NO4/c1-23(2,3)20(26)16-8-12-18(13-9-16)25(22(28)29-7)19-14-10-17(11-15-19)21(27)24(4,5)6/h8-15H,1-7H3. The summed E-state index contributed by atoms with van der Waals surface area (Å²) in [5.74, 6) is 0.0532. The number of carbonyl (C=O) groups is 3. The topological polar surface area (TPSA) is 63.7 Å². The van der Waals surface area contributed by atoms with Crippen molar-refractivity contribution < 1.29 is 19.1 Å². The van der Waals surface area contributed by atoms with E-state index in [1.165, 1.54) is 12.0 Å². The van der Waals surface area contributed by atoms with Gasteiger partial charge in [0.15, 0.2) is 11.6 Å². The quantitative estimate of drug-likeness (QED) is 0.591. The molecule has 0 aliphatic rings. The number of ether oxygens (including phenoxy) is 1. The van der Waals surface area contributed by atoms with Crippen LogP contribution in [0.3, 0.4) is 0 Å². The van der Waals surface area contributed by atoms with Crippen LogP contribution in [0.25, 0.3) is 0 Å². The van der Waals surface area contributed by atoms with Crippen molar-refractivity contribution in [2.45, 2.75) is 41.5 Å². The second-order valence-electron chi connectivity index (χ2n) is 9.06. The molecule has 0 spiro atoms. The summed E-state index contributed by atoms with van der Waals surface area (Å²) in [6.07, 6.45) is -0.560. The zero-order valence-electron chi connectivity index (χ0n) is 18.2. The lowest BCUT2D eigenvalue weighted by Crippen LogP contribution is -2.26. The number of benzene rings is 2. The molecule has 0 saturated carbocycles. The Bertz CT molecular complexity index is 828. The van der Waals surface area contributed by atoms with Gasteiger partial charge >= 0.3 is 6.09 Å². The average molecular weight is 395 g/mol. The van der Waals surface area contributed by atoms with E-state index in [0.717, 1.165) is 0 Å². The zero-order valence-corrected chi connectivity index (χ0v) is 18.2. The summed E-state index contributed by atoms with van der Waals surface area (Å²) < 4.78 is 4.94. The van der Waals surface area contributed by atoms with E-state index in [-0.39, 0.29) is 11.6 Å². The number of rotatable bonds is 4. The van der Waals surface area contributed by atoms with Crippen LogP contribution in [0.4, 0.5) is 16.2 Å². The van der Waals surface area contributed by atoms with E-state index in [1.807, 2.05) is 41.5 Å². The lowest BCUT2D eigenvalue weighted by molar-refractivity contribution is 0.0852. The monoisotopic (exact) mass is 395 g/mol. The summed E-state index contributed by atoms with van der Waals surface area (Å²) in [4.78, 5) is 38.7. The summed E-state index contributed by atoms with van der Waals surface area (Å²) in [6, 6.07) is 13.7. The van der Waals surface area contributed by atoms with Crippen molar-refractivity contribution in [3.63, 3.8) is 0 Å². The third kappa shape index (κ3) is 5.11. The lowest BCUT2D eigenvalue weighted by atomic mass is 9.86. The Balaban J connectivity index is 2.39. The largest absolute Gasteiger partial charge is 0.452 e. The predicted molar refractivity (Wildman–Crippen MR) is 115 cm³/mol. The van der Waals surface area contributed by atoms with Crippen LogP contribution in [0.15, 0.2) is 48.5 Å². The summed E-state index contributed by atoms with van der Waals surface area (Å²) in [7, 11) is 1.31. The first-order chi connectivity index (χ1) is 13.4. The molecule has 0 radical (unpaired) electrons. The van der Waals surface area contributed by atoms with Gasteiger partial charge in [-0.1, -0.05) is 41.5 Å². The molecular formula is C24H29NO4. The summed E-state index contributed by atoms with van der Waals surface area (Å²) in [5.41, 5.74) is 1.32. The molecule has 0 saturated heterocycles. The van der Waals surface area contributed by atoms with Crippen LogP contribution < -0.4 is 4.90 Å². The van der Waals surface area contributed by atoms with Gasteiger partial charge in [0.2, 0.25) is 0 Å². The number of hydrogen-bond donors (Lipinski definition) is 0. The molecule has 1 amide bonds. The number of hydrogen-bond acceptors (Lipinski definition) is 4. The number of nitrogens with zero attached hydrogens (tertiary/aromatic N) is 1. The minimum Gasteiger partial charge on any atom is -0.452 e. The van der Waals surface area contributed by atoms with Gasteiger partial charge in [0, 0.05) is 22.0 Å². The normalized spacial score (nSPS) is 11.7. The SMILES string of the molecule is COC(=O)N(c1ccc(C(=O)C(C)(C)C)cc1)c1ccc(C(=O)C(C)(C)C)cc1. The summed E-state index contributed by atoms with van der Waals surface area (Å²) in [6.45, 7) is 11.2. The molecular weight excluding hydrogens is 366 g/mol. The molecule has 2 rings (SSSR count). The molecule has 0 N–H and O–H groups in total. The summed E-state index contributed by atoms with van der Waals surface area (Å²) >= 11 is 0. The van der Waals surface area contributed by atoms with Crippen LogP contribution in [0.1, 0.15) is 62.3 Å². The maximum absolute atomic E-state index is 12.5. The van der Waals surface area contributed by atoms with Crippen LogP contribution in [-0.4, -0.2) is 24.8 Å². The second-order valence-corrected chi connectivity index (χ2v) is 9.06. The molecule has 2 aromatic carbocycles. The fraction of sp³-hybridized carbons (Fsp3) is 0.375. The number of ketones is 2. The van der Waals surface area contributed by atoms with E-state index in [4.69, 9.17) is 4.74 Å². The van der Waals surface area contributed by atoms with E-state index in [9.17, 15) is 14.4 Å². The minimum atomic E-state index is -0.560. The van der Waals surface area contributed by atoms with Crippen molar-refractivity contribution in [2.75, 3.05) is 12.0 Å². The van der Waals surface area contributed by atoms with E-state index in [0.29, 0.717) is 22.5 Å². The molecule has 0 aliphatic heterocycles. The number of carbonyl (C=O) groups excluding carboxylic acids is 3. The highest BCUT2D eigenvalue weighted by molar-refractivity contribution is 6.02. The van der Waals surface area contributed by atoms with Crippen molar-refractivity contribution in [1.29, 1.82) is 0 Å². The smallest absolute Gasteiger partial charge is 0.418 e. The molecule has 0 heterocycles. The van der Waals surface area contributed by atoms with Gasteiger partial charge < -0.3 is 4.74 Å². The number of amides is 1. The van der Waals surface area contributed by atoms with Gasteiger partial charge in [-0.15, -0.1) is 0 Å². The van der Waals surface area contributed by atoms with Crippen molar-refractivity contribution in [1.82, 2.24) is 0 Å². The molecule has 0 atom stereocenters. The van der Waals surface area contributed by atoms with E-state index in [1.54, 1.807) is 48.5 Å². The van der Waals surface area contributed by atoms with Gasteiger partial charge in [0.05, 0.1) is 18.5 Å². The maximum Gasteiger partial charge on any atom is 0.418 e. The van der Waals surface area contributed by atoms with E-state index < -0.39 is 16.9 Å². The van der Waals surface area contributed by atoms with Crippen LogP contribution in [-0.2, 0) is 4.74 Å². The fourth-order valence-electron chi connectivity index (χ4n) is 2.84. The average Bonchev–Trinajstić information content (AvgIpc) is 2.66. The van der Waals surface area contributed by atoms with Crippen molar-refractivity contribution in [2.24, 2.45) is 10.8 Å². The van der Waals surface area contributed by atoms with Crippen LogP contribution in [0.5, 0.6) is 0 Å². The van der Waals surface area contributed by atoms with Gasteiger partial charge in [0.25, 0.3) is 0 Å². The Hall–Kier alpha value is -2.95. The Kier molecular flexibility index (Phi) is 6.31. The highest BCUT2D eigenvalue weighted by atomic mass is 16.5. The highest BCUT2D eigenvalue weighted by Crippen LogP contribution is 2.30. The van der Waals surface area contributed by atoms with Crippen molar-refractivity contribution in [3.8, 4) is 0 Å². The second kappa shape index (κ2) is 8.19. The first-order valence-electron chi connectivity index (χ1n) is 9.54. The van der Waals surface area contributed by atoms with Crippen LogP contribution >= 0.6 is 0 Å². The molecule has 5 heteroatoms. The van der Waals surface area contributed by atoms with Crippen LogP contribution in [0, 0.1) is 10.8 Å². The highest BCUT2D eigenvalue weighted by Gasteiger charge is 2.25. The molecule has 0 aromatic heterocycles. The molecule has 2 aromatic rings. The molecule has 0 unspecified atom stereocenters. The fourth-order valence-corrected chi connectivity index (χ4v) is 2.84. The summed E-state index contributed by atoms with van der Waals surface area (Å²) in [5, 5.41) is 0. The molecule has 0 bridgehead atoms. The maximum atomic E-state index is 12.5. The molecule has 0 aliphatic carbocycles. The number of anilines is 2. The Morgan fingerprint density at radius 1 is 0.655 bits per heavy atom. The van der Waals surface area contributed by atoms with Gasteiger partial charge in [-0.05, 0) is 48.5 Å². The van der Waals surface area contributed by atoms with Gasteiger partial charge in [-0.2, -0.15) is 0 Å². The number of methoxy groups -OCH3 is 1. The van der Waals surface area contributed by atoms with Crippen molar-refractivity contribution in [3.05, 3.63) is 59.7 Å². The first-order valence-corrected chi connectivity index (χ1v) is 9.54. The third-order valence-corrected chi connectivity index (χ3v) is 4.49. The lowest BCUT2D eigenvalue weighted by Gasteiger charge is -2.23. The van der Waals surface area contributed by atoms with E-state index >= 15 is 0 Å². The number of Topliss-reactive ketones (excluding diaryl/α,β-unsaturated/α-hetero) is 2. The van der Waals surface area contributed by atoms with Gasteiger partial charge in [-0.25, -0.2) is 9.69 Å². The Morgan fingerprint density at radius 3 is 1.21 bits per heavy atom. The van der Waals surface area contributed by atoms with Gasteiger partial charge in [-0.3, -0.25) is 9.59 Å². The van der Waals surface area contributed by atoms with Crippen molar-refractivity contribution >= 4 is 29.0 Å². The molecule has 154 valence electrons. The molecule has 5 nitrogen and oxygen atoms in total. The minimum absolute atomic E-state index is 0.0266. The first kappa shape index (κ1) is 22.3. The Morgan fingerprint density at radius 2 is 0.966 bits per heavy atom. The van der Waals surface area contributed by atoms with Gasteiger partial charge in [0.1, 0.15) is 0 Å². The zero-order chi connectivity index (χ0) is 22.0. The molecule has 29 heavy (non-hydrogen) atoms. The third-order valence-electron chi connectivity index (χ3n) is 4.49. The molecule has 0 fully saturated rings. The Labute approximate surface area is 172 Å².